The Kier molecular flexibility index (Phi) is 4.10. The van der Waals surface area contributed by atoms with E-state index in [4.69, 9.17) is 9.15 Å². The van der Waals surface area contributed by atoms with Gasteiger partial charge in [0.25, 0.3) is 5.69 Å². The van der Waals surface area contributed by atoms with Gasteiger partial charge in [0.05, 0.1) is 15.8 Å². The molecule has 7 heteroatoms. The summed E-state index contributed by atoms with van der Waals surface area (Å²) in [7, 11) is 0. The molecule has 7 nitrogen and oxygen atoms in total. The Bertz CT molecular complexity index is 1180. The van der Waals surface area contributed by atoms with Crippen molar-refractivity contribution in [3.8, 4) is 23.0 Å². The number of benzene rings is 3. The van der Waals surface area contributed by atoms with Crippen molar-refractivity contribution in [2.45, 2.75) is 0 Å². The molecule has 0 aliphatic carbocycles. The summed E-state index contributed by atoms with van der Waals surface area (Å²) in [5, 5.41) is 11.1. The van der Waals surface area contributed by atoms with Gasteiger partial charge in [-0.2, -0.15) is 0 Å². The summed E-state index contributed by atoms with van der Waals surface area (Å²) in [4.78, 5) is 26.7. The van der Waals surface area contributed by atoms with Gasteiger partial charge in [0.2, 0.25) is 5.89 Å². The molecule has 0 saturated carbocycles. The van der Waals surface area contributed by atoms with E-state index in [1.165, 1.54) is 24.3 Å². The highest BCUT2D eigenvalue weighted by Crippen LogP contribution is 2.26. The van der Waals surface area contributed by atoms with Crippen molar-refractivity contribution in [3.05, 3.63) is 93.3 Å². The van der Waals surface area contributed by atoms with E-state index in [9.17, 15) is 14.9 Å². The zero-order valence-corrected chi connectivity index (χ0v) is 13.9. The Labute approximate surface area is 152 Å². The van der Waals surface area contributed by atoms with Crippen LogP contribution in [0, 0.1) is 10.1 Å². The van der Waals surface area contributed by atoms with Gasteiger partial charge in [-0.3, -0.25) is 10.1 Å². The first-order valence-electron chi connectivity index (χ1n) is 8.03. The van der Waals surface area contributed by atoms with Crippen molar-refractivity contribution in [1.29, 1.82) is 0 Å². The second-order valence-electron chi connectivity index (χ2n) is 5.70. The molecule has 0 bridgehead atoms. The highest BCUT2D eigenvalue weighted by atomic mass is 16.6. The first-order chi connectivity index (χ1) is 13.1. The van der Waals surface area contributed by atoms with E-state index in [0.717, 1.165) is 0 Å². The molecule has 27 heavy (non-hydrogen) atoms. The van der Waals surface area contributed by atoms with E-state index >= 15 is 0 Å². The average Bonchev–Trinajstić information content (AvgIpc) is 2.69. The van der Waals surface area contributed by atoms with Crippen LogP contribution in [0.25, 0.3) is 22.4 Å². The largest absolute Gasteiger partial charge is 0.457 e. The van der Waals surface area contributed by atoms with Crippen molar-refractivity contribution in [1.82, 2.24) is 4.98 Å². The maximum absolute atomic E-state index is 12.1. The number of hydrogen-bond acceptors (Lipinski definition) is 6. The van der Waals surface area contributed by atoms with Crippen LogP contribution >= 0.6 is 0 Å². The monoisotopic (exact) mass is 360 g/mol. The number of nitrogens with zero attached hydrogens (tertiary/aromatic N) is 2. The number of rotatable bonds is 4. The number of non-ortho nitro benzene ring substituents is 1. The molecule has 0 unspecified atom stereocenters. The van der Waals surface area contributed by atoms with Gasteiger partial charge >= 0.3 is 5.63 Å². The Balaban J connectivity index is 1.59. The van der Waals surface area contributed by atoms with Crippen LogP contribution in [0.3, 0.4) is 0 Å². The number of hydrogen-bond donors (Lipinski definition) is 0. The fourth-order valence-electron chi connectivity index (χ4n) is 2.58. The molecule has 132 valence electrons. The van der Waals surface area contributed by atoms with E-state index in [1.54, 1.807) is 48.5 Å². The highest BCUT2D eigenvalue weighted by molar-refractivity contribution is 5.78. The molecule has 0 aliphatic rings. The van der Waals surface area contributed by atoms with Crippen LogP contribution in [-0.4, -0.2) is 9.91 Å². The average molecular weight is 360 g/mol. The summed E-state index contributed by atoms with van der Waals surface area (Å²) < 4.78 is 11.0. The van der Waals surface area contributed by atoms with Gasteiger partial charge in [0, 0.05) is 17.7 Å². The van der Waals surface area contributed by atoms with Crippen LogP contribution in [0.2, 0.25) is 0 Å². The lowest BCUT2D eigenvalue weighted by Gasteiger charge is -2.06. The van der Waals surface area contributed by atoms with E-state index in [2.05, 4.69) is 4.98 Å². The second kappa shape index (κ2) is 6.72. The summed E-state index contributed by atoms with van der Waals surface area (Å²) in [5.74, 6) is 1.24. The summed E-state index contributed by atoms with van der Waals surface area (Å²) in [6.07, 6.45) is 0. The number of para-hydroxylation sites is 1. The number of fused-ring (bicyclic) bond motifs is 1. The van der Waals surface area contributed by atoms with Gasteiger partial charge in [-0.25, -0.2) is 9.78 Å². The predicted octanol–water partition coefficient (Wildman–Crippen LogP) is 4.56. The van der Waals surface area contributed by atoms with Crippen molar-refractivity contribution < 1.29 is 14.1 Å². The standard InChI is InChI=1S/C20H12N2O5/c23-20-17-3-1-2-4-18(17)21-19(27-20)13-5-9-15(10-6-13)26-16-11-7-14(8-12-16)22(24)25/h1-12H. The Hall–Kier alpha value is -4.00. The molecule has 0 spiro atoms. The number of aromatic nitrogens is 1. The third-order valence-electron chi connectivity index (χ3n) is 3.92. The van der Waals surface area contributed by atoms with Crippen molar-refractivity contribution in [3.63, 3.8) is 0 Å². The van der Waals surface area contributed by atoms with Crippen LogP contribution in [0.1, 0.15) is 0 Å². The number of nitro groups is 1. The lowest BCUT2D eigenvalue weighted by Crippen LogP contribution is -2.02. The molecule has 3 aromatic carbocycles. The van der Waals surface area contributed by atoms with Crippen LogP contribution < -0.4 is 10.4 Å². The van der Waals surface area contributed by atoms with Gasteiger partial charge in [-0.15, -0.1) is 0 Å². The minimum Gasteiger partial charge on any atom is -0.457 e. The summed E-state index contributed by atoms with van der Waals surface area (Å²) >= 11 is 0. The smallest absolute Gasteiger partial charge is 0.347 e. The second-order valence-corrected chi connectivity index (χ2v) is 5.70. The van der Waals surface area contributed by atoms with Crippen LogP contribution in [0.5, 0.6) is 11.5 Å². The number of nitro benzene ring substituents is 1. The van der Waals surface area contributed by atoms with Crippen molar-refractivity contribution in [2.24, 2.45) is 0 Å². The Morgan fingerprint density at radius 2 is 1.52 bits per heavy atom. The fourth-order valence-corrected chi connectivity index (χ4v) is 2.58. The topological polar surface area (TPSA) is 95.5 Å². The fraction of sp³-hybridized carbons (Fsp3) is 0. The van der Waals surface area contributed by atoms with Crippen LogP contribution in [0.4, 0.5) is 5.69 Å². The van der Waals surface area contributed by atoms with E-state index < -0.39 is 10.5 Å². The minimum absolute atomic E-state index is 0.00453. The zero-order chi connectivity index (χ0) is 18.8. The van der Waals surface area contributed by atoms with Crippen LogP contribution in [-0.2, 0) is 0 Å². The van der Waals surface area contributed by atoms with Gasteiger partial charge < -0.3 is 9.15 Å². The molecule has 1 heterocycles. The molecular formula is C20H12N2O5. The van der Waals surface area contributed by atoms with Crippen LogP contribution in [0.15, 0.2) is 82.0 Å². The molecule has 0 amide bonds. The molecule has 1 aromatic heterocycles. The van der Waals surface area contributed by atoms with Gasteiger partial charge in [0.1, 0.15) is 11.5 Å². The summed E-state index contributed by atoms with van der Waals surface area (Å²) in [6.45, 7) is 0. The Morgan fingerprint density at radius 3 is 2.19 bits per heavy atom. The van der Waals surface area contributed by atoms with Crippen molar-refractivity contribution >= 4 is 16.6 Å². The molecule has 0 N–H and O–H groups in total. The van der Waals surface area contributed by atoms with Gasteiger partial charge in [0.15, 0.2) is 0 Å². The zero-order valence-electron chi connectivity index (χ0n) is 13.9. The maximum Gasteiger partial charge on any atom is 0.347 e. The molecule has 0 aliphatic heterocycles. The molecule has 0 atom stereocenters. The molecule has 0 saturated heterocycles. The van der Waals surface area contributed by atoms with Gasteiger partial charge in [-0.1, -0.05) is 12.1 Å². The van der Waals surface area contributed by atoms with Gasteiger partial charge in [-0.05, 0) is 48.5 Å². The van der Waals surface area contributed by atoms with E-state index in [1.807, 2.05) is 0 Å². The molecule has 4 rings (SSSR count). The van der Waals surface area contributed by atoms with E-state index in [-0.39, 0.29) is 11.6 Å². The maximum atomic E-state index is 12.1. The molecule has 4 aromatic rings. The van der Waals surface area contributed by atoms with Crippen molar-refractivity contribution in [2.75, 3.05) is 0 Å². The minimum atomic E-state index is -0.469. The normalized spacial score (nSPS) is 10.7. The highest BCUT2D eigenvalue weighted by Gasteiger charge is 2.09. The molecule has 0 radical (unpaired) electrons. The molecule has 0 fully saturated rings. The van der Waals surface area contributed by atoms with E-state index in [0.29, 0.717) is 28.0 Å². The first-order valence-corrected chi connectivity index (χ1v) is 8.03. The number of ether oxygens (including phenoxy) is 1. The lowest BCUT2D eigenvalue weighted by atomic mass is 10.2. The third-order valence-corrected chi connectivity index (χ3v) is 3.92. The molecular weight excluding hydrogens is 348 g/mol. The summed E-state index contributed by atoms with van der Waals surface area (Å²) in [6, 6.07) is 19.6. The Morgan fingerprint density at radius 1 is 0.889 bits per heavy atom. The predicted molar refractivity (Wildman–Crippen MR) is 98.9 cm³/mol. The third kappa shape index (κ3) is 3.38. The SMILES string of the molecule is O=c1oc(-c2ccc(Oc3ccc([N+](=O)[O-])cc3)cc2)nc2ccccc12. The lowest BCUT2D eigenvalue weighted by molar-refractivity contribution is -0.384. The summed E-state index contributed by atoms with van der Waals surface area (Å²) in [5.41, 5.74) is 0.751. The quantitative estimate of drug-likeness (QED) is 0.391. The first kappa shape index (κ1) is 16.5.